The zero-order valence-corrected chi connectivity index (χ0v) is 19.1. The number of Topliss-reactive ketones (excluding diaryl/α,β-unsaturated/α-hetero) is 1. The largest absolute Gasteiger partial charge is 0.373 e. The molecular weight excluding hydrogens is 356 g/mol. The van der Waals surface area contributed by atoms with Crippen molar-refractivity contribution in [1.29, 1.82) is 0 Å². The number of carbonyl (C=O) groups is 1. The molecular formula is C27H42O2. The summed E-state index contributed by atoms with van der Waals surface area (Å²) in [5, 5.41) is 0. The van der Waals surface area contributed by atoms with Crippen LogP contribution < -0.4 is 0 Å². The molecule has 0 spiro atoms. The summed E-state index contributed by atoms with van der Waals surface area (Å²) in [6, 6.07) is 8.84. The van der Waals surface area contributed by atoms with Gasteiger partial charge in [-0.1, -0.05) is 87.8 Å². The molecule has 0 amide bonds. The van der Waals surface area contributed by atoms with Crippen molar-refractivity contribution in [3.05, 3.63) is 47.0 Å². The Morgan fingerprint density at radius 2 is 1.76 bits per heavy atom. The fraction of sp³-hybridized carbons (Fsp3) is 0.667. The summed E-state index contributed by atoms with van der Waals surface area (Å²) in [5.74, 6) is 0.859. The minimum Gasteiger partial charge on any atom is -0.373 e. The molecule has 162 valence electrons. The molecule has 0 saturated heterocycles. The molecule has 2 atom stereocenters. The zero-order chi connectivity index (χ0) is 20.9. The first kappa shape index (κ1) is 23.9. The van der Waals surface area contributed by atoms with E-state index in [1.165, 1.54) is 62.5 Å². The second-order valence-electron chi connectivity index (χ2n) is 8.85. The molecule has 1 aromatic carbocycles. The van der Waals surface area contributed by atoms with E-state index in [-0.39, 0.29) is 0 Å². The summed E-state index contributed by atoms with van der Waals surface area (Å²) in [4.78, 5) is 12.3. The number of allylic oxidation sites excluding steroid dienone is 1. The van der Waals surface area contributed by atoms with Crippen molar-refractivity contribution in [3.63, 3.8) is 0 Å². The van der Waals surface area contributed by atoms with E-state index in [9.17, 15) is 4.79 Å². The number of hydrogen-bond donors (Lipinski definition) is 0. The highest BCUT2D eigenvalue weighted by Gasteiger charge is 2.26. The number of benzene rings is 1. The Morgan fingerprint density at radius 1 is 1.03 bits per heavy atom. The van der Waals surface area contributed by atoms with Crippen LogP contribution in [0.15, 0.2) is 35.9 Å². The Labute approximate surface area is 179 Å². The maximum absolute atomic E-state index is 12.3. The van der Waals surface area contributed by atoms with E-state index in [1.54, 1.807) is 0 Å². The molecule has 1 aromatic rings. The molecule has 2 rings (SSSR count). The molecule has 1 aliphatic carbocycles. The summed E-state index contributed by atoms with van der Waals surface area (Å²) in [6.45, 7) is 7.18. The fourth-order valence-corrected chi connectivity index (χ4v) is 4.30. The molecule has 0 radical (unpaired) electrons. The summed E-state index contributed by atoms with van der Waals surface area (Å²) in [5.41, 5.74) is 3.84. The van der Waals surface area contributed by atoms with Gasteiger partial charge in [-0.25, -0.2) is 0 Å². The lowest BCUT2D eigenvalue weighted by molar-refractivity contribution is -0.118. The van der Waals surface area contributed by atoms with Gasteiger partial charge >= 0.3 is 0 Å². The zero-order valence-electron chi connectivity index (χ0n) is 19.1. The normalized spacial score (nSPS) is 20.4. The Hall–Kier alpha value is -1.41. The number of ketones is 1. The van der Waals surface area contributed by atoms with Gasteiger partial charge in [0, 0.05) is 18.8 Å². The van der Waals surface area contributed by atoms with E-state index >= 15 is 0 Å². The van der Waals surface area contributed by atoms with Crippen LogP contribution in [-0.2, 0) is 16.0 Å². The highest BCUT2D eigenvalue weighted by molar-refractivity contribution is 5.80. The van der Waals surface area contributed by atoms with Crippen LogP contribution in [0.5, 0.6) is 0 Å². The van der Waals surface area contributed by atoms with Crippen molar-refractivity contribution in [2.24, 2.45) is 0 Å². The molecule has 0 aromatic heterocycles. The van der Waals surface area contributed by atoms with E-state index in [0.29, 0.717) is 24.2 Å². The molecule has 0 N–H and O–H groups in total. The maximum atomic E-state index is 12.3. The Morgan fingerprint density at radius 3 is 2.48 bits per heavy atom. The SMILES string of the molecule is C/C=C(\C)CO[C@H]1CCCCC[C@@H]1c1ccc(CC(=O)CCCCCCC)cc1. The topological polar surface area (TPSA) is 26.3 Å². The highest BCUT2D eigenvalue weighted by Crippen LogP contribution is 2.34. The molecule has 1 aliphatic rings. The molecule has 0 unspecified atom stereocenters. The first-order valence-corrected chi connectivity index (χ1v) is 12.0. The number of hydrogen-bond acceptors (Lipinski definition) is 2. The molecule has 0 bridgehead atoms. The predicted octanol–water partition coefficient (Wildman–Crippen LogP) is 7.56. The van der Waals surface area contributed by atoms with Crippen molar-refractivity contribution >= 4 is 5.78 Å². The van der Waals surface area contributed by atoms with Crippen molar-refractivity contribution < 1.29 is 9.53 Å². The van der Waals surface area contributed by atoms with Crippen molar-refractivity contribution in [2.75, 3.05) is 6.61 Å². The Bertz CT molecular complexity index is 614. The van der Waals surface area contributed by atoms with Gasteiger partial charge in [0.2, 0.25) is 0 Å². The minimum atomic E-state index is 0.308. The lowest BCUT2D eigenvalue weighted by Gasteiger charge is -2.26. The van der Waals surface area contributed by atoms with E-state index < -0.39 is 0 Å². The van der Waals surface area contributed by atoms with Gasteiger partial charge in [0.1, 0.15) is 5.78 Å². The third kappa shape index (κ3) is 8.86. The number of ether oxygens (including phenoxy) is 1. The predicted molar refractivity (Wildman–Crippen MR) is 124 cm³/mol. The van der Waals surface area contributed by atoms with Gasteiger partial charge in [-0.2, -0.15) is 0 Å². The highest BCUT2D eigenvalue weighted by atomic mass is 16.5. The van der Waals surface area contributed by atoms with E-state index in [1.807, 2.05) is 0 Å². The van der Waals surface area contributed by atoms with Crippen LogP contribution >= 0.6 is 0 Å². The second kappa shape index (κ2) is 13.7. The molecule has 29 heavy (non-hydrogen) atoms. The Balaban J connectivity index is 1.89. The summed E-state index contributed by atoms with van der Waals surface area (Å²) in [7, 11) is 0. The monoisotopic (exact) mass is 398 g/mol. The average molecular weight is 399 g/mol. The van der Waals surface area contributed by atoms with E-state index in [0.717, 1.165) is 31.4 Å². The lowest BCUT2D eigenvalue weighted by Crippen LogP contribution is -2.22. The van der Waals surface area contributed by atoms with Gasteiger partial charge in [0.25, 0.3) is 0 Å². The summed E-state index contributed by atoms with van der Waals surface area (Å²) in [6.07, 6.45) is 16.0. The van der Waals surface area contributed by atoms with Gasteiger partial charge in [-0.15, -0.1) is 0 Å². The van der Waals surface area contributed by atoms with Gasteiger partial charge in [-0.3, -0.25) is 4.79 Å². The van der Waals surface area contributed by atoms with Gasteiger partial charge in [0.15, 0.2) is 0 Å². The quantitative estimate of drug-likeness (QED) is 0.206. The fourth-order valence-electron chi connectivity index (χ4n) is 4.30. The standard InChI is InChI=1S/C27H42O2/c1-4-6-7-8-10-13-25(28)20-23-16-18-24(19-17-23)26-14-11-9-12-15-27(26)29-21-22(3)5-2/h5,16-19,26-27H,4,6-15,20-21H2,1-3H3/b22-5+/t26-,27+/m1/s1. The second-order valence-corrected chi connectivity index (χ2v) is 8.85. The van der Waals surface area contributed by atoms with Crippen LogP contribution in [0.4, 0.5) is 0 Å². The van der Waals surface area contributed by atoms with Crippen LogP contribution in [0.1, 0.15) is 108 Å². The summed E-state index contributed by atoms with van der Waals surface area (Å²) < 4.78 is 6.33. The molecule has 2 nitrogen and oxygen atoms in total. The molecule has 1 fully saturated rings. The maximum Gasteiger partial charge on any atom is 0.137 e. The van der Waals surface area contributed by atoms with Crippen molar-refractivity contribution in [2.45, 2.75) is 110 Å². The van der Waals surface area contributed by atoms with Crippen LogP contribution in [-0.4, -0.2) is 18.5 Å². The molecule has 2 heteroatoms. The van der Waals surface area contributed by atoms with Gasteiger partial charge in [0.05, 0.1) is 12.7 Å². The minimum absolute atomic E-state index is 0.308. The first-order valence-electron chi connectivity index (χ1n) is 12.0. The summed E-state index contributed by atoms with van der Waals surface area (Å²) >= 11 is 0. The molecule has 0 aliphatic heterocycles. The van der Waals surface area contributed by atoms with Crippen molar-refractivity contribution in [3.8, 4) is 0 Å². The Kier molecular flexibility index (Phi) is 11.3. The van der Waals surface area contributed by atoms with Gasteiger partial charge in [-0.05, 0) is 44.2 Å². The van der Waals surface area contributed by atoms with Gasteiger partial charge < -0.3 is 4.74 Å². The van der Waals surface area contributed by atoms with E-state index in [2.05, 4.69) is 51.1 Å². The van der Waals surface area contributed by atoms with Crippen LogP contribution in [0, 0.1) is 0 Å². The number of carbonyl (C=O) groups excluding carboxylic acids is 1. The third-order valence-electron chi connectivity index (χ3n) is 6.34. The van der Waals surface area contributed by atoms with Crippen LogP contribution in [0.2, 0.25) is 0 Å². The average Bonchev–Trinajstić information content (AvgIpc) is 2.98. The number of rotatable bonds is 12. The number of unbranched alkanes of at least 4 members (excludes halogenated alkanes) is 4. The van der Waals surface area contributed by atoms with Crippen LogP contribution in [0.25, 0.3) is 0 Å². The smallest absolute Gasteiger partial charge is 0.137 e. The first-order chi connectivity index (χ1) is 14.1. The molecule has 1 saturated carbocycles. The van der Waals surface area contributed by atoms with Crippen LogP contribution in [0.3, 0.4) is 0 Å². The van der Waals surface area contributed by atoms with E-state index in [4.69, 9.17) is 4.74 Å². The van der Waals surface area contributed by atoms with Crippen molar-refractivity contribution in [1.82, 2.24) is 0 Å². The third-order valence-corrected chi connectivity index (χ3v) is 6.34. The lowest BCUT2D eigenvalue weighted by atomic mass is 9.88. The molecule has 0 heterocycles.